The van der Waals surface area contributed by atoms with Crippen molar-refractivity contribution in [1.29, 1.82) is 0 Å². The van der Waals surface area contributed by atoms with E-state index in [9.17, 15) is 4.79 Å². The van der Waals surface area contributed by atoms with E-state index in [-0.39, 0.29) is 11.4 Å². The number of rotatable bonds is 4. The highest BCUT2D eigenvalue weighted by Gasteiger charge is 2.41. The van der Waals surface area contributed by atoms with E-state index in [0.717, 1.165) is 24.6 Å². The van der Waals surface area contributed by atoms with E-state index in [1.54, 1.807) is 0 Å². The fourth-order valence-electron chi connectivity index (χ4n) is 1.63. The van der Waals surface area contributed by atoms with Crippen molar-refractivity contribution < 1.29 is 4.79 Å². The van der Waals surface area contributed by atoms with E-state index in [2.05, 4.69) is 14.1 Å². The zero-order valence-electron chi connectivity index (χ0n) is 8.56. The van der Waals surface area contributed by atoms with Gasteiger partial charge in [0.2, 0.25) is 0 Å². The normalized spacial score (nSPS) is 19.6. The Hall–Kier alpha value is -1.01. The number of carbonyl (C=O) groups is 1. The van der Waals surface area contributed by atoms with Crippen molar-refractivity contribution >= 4 is 17.6 Å². The third kappa shape index (κ3) is 2.15. The maximum Gasteiger partial charge on any atom is 0.273 e. The van der Waals surface area contributed by atoms with Crippen molar-refractivity contribution in [3.63, 3.8) is 0 Å². The lowest BCUT2D eigenvalue weighted by Gasteiger charge is -2.28. The second-order valence-corrected chi connectivity index (χ2v) is 4.70. The molecule has 1 aromatic rings. The molecule has 0 radical (unpaired) electrons. The molecular formula is C9H14N4OS. The van der Waals surface area contributed by atoms with Crippen LogP contribution in [0.3, 0.4) is 0 Å². The van der Waals surface area contributed by atoms with Crippen LogP contribution >= 0.6 is 11.7 Å². The number of nitrogens with one attached hydrogen (secondary N) is 1. The lowest BCUT2D eigenvalue weighted by Crippen LogP contribution is -2.53. The molecule has 1 atom stereocenters. The van der Waals surface area contributed by atoms with Gasteiger partial charge in [0.05, 0.1) is 23.5 Å². The summed E-state index contributed by atoms with van der Waals surface area (Å²) in [6.07, 6.45) is 3.76. The first-order valence-electron chi connectivity index (χ1n) is 4.96. The SMILES string of the molecule is CC(CN)(NC(=O)c1cnsn1)C1CC1. The third-order valence-electron chi connectivity index (χ3n) is 2.90. The van der Waals surface area contributed by atoms with Crippen molar-refractivity contribution in [1.82, 2.24) is 14.1 Å². The second kappa shape index (κ2) is 3.86. The highest BCUT2D eigenvalue weighted by Crippen LogP contribution is 2.39. The van der Waals surface area contributed by atoms with Gasteiger partial charge in [0, 0.05) is 6.54 Å². The Labute approximate surface area is 92.4 Å². The van der Waals surface area contributed by atoms with E-state index in [1.807, 2.05) is 6.92 Å². The Morgan fingerprint density at radius 2 is 2.53 bits per heavy atom. The van der Waals surface area contributed by atoms with E-state index in [4.69, 9.17) is 5.73 Å². The number of carbonyl (C=O) groups excluding carboxylic acids is 1. The Kier molecular flexibility index (Phi) is 2.70. The summed E-state index contributed by atoms with van der Waals surface area (Å²) in [5.74, 6) is 0.335. The molecule has 1 heterocycles. The molecule has 0 aromatic carbocycles. The van der Waals surface area contributed by atoms with Crippen LogP contribution in [0.2, 0.25) is 0 Å². The number of amides is 1. The molecule has 1 aliphatic carbocycles. The monoisotopic (exact) mass is 226 g/mol. The quantitative estimate of drug-likeness (QED) is 0.778. The molecule has 0 bridgehead atoms. The third-order valence-corrected chi connectivity index (χ3v) is 3.37. The maximum atomic E-state index is 11.8. The Morgan fingerprint density at radius 1 is 1.80 bits per heavy atom. The summed E-state index contributed by atoms with van der Waals surface area (Å²) < 4.78 is 7.69. The van der Waals surface area contributed by atoms with Crippen LogP contribution in [-0.4, -0.2) is 26.7 Å². The minimum atomic E-state index is -0.291. The zero-order chi connectivity index (χ0) is 10.9. The lowest BCUT2D eigenvalue weighted by atomic mass is 9.96. The van der Waals surface area contributed by atoms with Gasteiger partial charge in [0.25, 0.3) is 5.91 Å². The first-order chi connectivity index (χ1) is 7.15. The Bertz CT molecular complexity index is 349. The second-order valence-electron chi connectivity index (χ2n) is 4.14. The smallest absolute Gasteiger partial charge is 0.273 e. The molecule has 1 unspecified atom stereocenters. The van der Waals surface area contributed by atoms with Gasteiger partial charge >= 0.3 is 0 Å². The molecule has 0 spiro atoms. The summed E-state index contributed by atoms with van der Waals surface area (Å²) in [5, 5.41) is 2.95. The van der Waals surface area contributed by atoms with Gasteiger partial charge in [-0.2, -0.15) is 8.75 Å². The van der Waals surface area contributed by atoms with E-state index in [1.165, 1.54) is 6.20 Å². The van der Waals surface area contributed by atoms with Crippen LogP contribution in [0.1, 0.15) is 30.3 Å². The van der Waals surface area contributed by atoms with Crippen molar-refractivity contribution in [3.8, 4) is 0 Å². The summed E-state index contributed by atoms with van der Waals surface area (Å²) in [7, 11) is 0. The van der Waals surface area contributed by atoms with Crippen molar-refractivity contribution in [2.75, 3.05) is 6.54 Å². The maximum absolute atomic E-state index is 11.8. The summed E-state index contributed by atoms with van der Waals surface area (Å²) in [6.45, 7) is 2.45. The summed E-state index contributed by atoms with van der Waals surface area (Å²) in [5.41, 5.74) is 5.79. The van der Waals surface area contributed by atoms with Gasteiger partial charge in [0.1, 0.15) is 0 Å². The first kappa shape index (κ1) is 10.5. The van der Waals surface area contributed by atoms with Crippen LogP contribution in [0, 0.1) is 5.92 Å². The molecule has 1 amide bonds. The number of hydrogen-bond donors (Lipinski definition) is 2. The Morgan fingerprint density at radius 3 is 3.00 bits per heavy atom. The fraction of sp³-hybridized carbons (Fsp3) is 0.667. The standard InChI is InChI=1S/C9H14N4OS/c1-9(5-10,6-2-3-6)12-8(14)7-4-11-15-13-7/h4,6H,2-3,5,10H2,1H3,(H,12,14). The molecule has 1 saturated carbocycles. The summed E-state index contributed by atoms with van der Waals surface area (Å²) >= 11 is 1.03. The average molecular weight is 226 g/mol. The van der Waals surface area contributed by atoms with Gasteiger partial charge in [-0.25, -0.2) is 0 Å². The van der Waals surface area contributed by atoms with Crippen molar-refractivity contribution in [3.05, 3.63) is 11.9 Å². The number of nitrogens with zero attached hydrogens (tertiary/aromatic N) is 2. The predicted molar refractivity (Wildman–Crippen MR) is 57.6 cm³/mol. The van der Waals surface area contributed by atoms with Crippen LogP contribution in [0.25, 0.3) is 0 Å². The van der Waals surface area contributed by atoms with Crippen molar-refractivity contribution in [2.45, 2.75) is 25.3 Å². The molecule has 2 rings (SSSR count). The average Bonchev–Trinajstić information content (AvgIpc) is 2.94. The molecule has 82 valence electrons. The molecule has 6 heteroatoms. The molecule has 0 saturated heterocycles. The first-order valence-corrected chi connectivity index (χ1v) is 5.69. The minimum absolute atomic E-state index is 0.177. The van der Waals surface area contributed by atoms with E-state index < -0.39 is 0 Å². The topological polar surface area (TPSA) is 80.9 Å². The van der Waals surface area contributed by atoms with Gasteiger partial charge in [0.15, 0.2) is 5.69 Å². The molecule has 1 aromatic heterocycles. The molecule has 5 nitrogen and oxygen atoms in total. The fourth-order valence-corrected chi connectivity index (χ4v) is 2.04. The lowest BCUT2D eigenvalue weighted by molar-refractivity contribution is 0.0893. The van der Waals surface area contributed by atoms with Crippen LogP contribution in [-0.2, 0) is 0 Å². The zero-order valence-corrected chi connectivity index (χ0v) is 9.38. The minimum Gasteiger partial charge on any atom is -0.344 e. The molecule has 1 fully saturated rings. The van der Waals surface area contributed by atoms with Gasteiger partial charge in [-0.15, -0.1) is 0 Å². The van der Waals surface area contributed by atoms with E-state index in [0.29, 0.717) is 18.2 Å². The number of hydrogen-bond acceptors (Lipinski definition) is 5. The van der Waals surface area contributed by atoms with Crippen LogP contribution in [0.15, 0.2) is 6.20 Å². The summed E-state index contributed by atoms with van der Waals surface area (Å²) in [6, 6.07) is 0. The number of aromatic nitrogens is 2. The summed E-state index contributed by atoms with van der Waals surface area (Å²) in [4.78, 5) is 11.8. The predicted octanol–water partition coefficient (Wildman–Crippen LogP) is 0.395. The molecule has 1 aliphatic rings. The highest BCUT2D eigenvalue weighted by atomic mass is 32.1. The van der Waals surface area contributed by atoms with Gasteiger partial charge < -0.3 is 11.1 Å². The molecule has 0 aliphatic heterocycles. The molecule has 3 N–H and O–H groups in total. The van der Waals surface area contributed by atoms with Crippen LogP contribution in [0.4, 0.5) is 0 Å². The van der Waals surface area contributed by atoms with Gasteiger partial charge in [-0.3, -0.25) is 4.79 Å². The van der Waals surface area contributed by atoms with Crippen LogP contribution < -0.4 is 11.1 Å². The van der Waals surface area contributed by atoms with E-state index >= 15 is 0 Å². The number of nitrogens with two attached hydrogens (primary N) is 1. The van der Waals surface area contributed by atoms with Crippen LogP contribution in [0.5, 0.6) is 0 Å². The van der Waals surface area contributed by atoms with Crippen molar-refractivity contribution in [2.24, 2.45) is 11.7 Å². The highest BCUT2D eigenvalue weighted by molar-refractivity contribution is 6.99. The largest absolute Gasteiger partial charge is 0.344 e. The molecular weight excluding hydrogens is 212 g/mol. The van der Waals surface area contributed by atoms with Gasteiger partial charge in [-0.1, -0.05) is 0 Å². The van der Waals surface area contributed by atoms with Gasteiger partial charge in [-0.05, 0) is 25.7 Å². The Balaban J connectivity index is 2.04. The molecule has 15 heavy (non-hydrogen) atoms.